The Bertz CT molecular complexity index is 540. The van der Waals surface area contributed by atoms with Crippen molar-refractivity contribution in [2.24, 2.45) is 0 Å². The first-order chi connectivity index (χ1) is 10.1. The lowest BCUT2D eigenvalue weighted by Gasteiger charge is -2.30. The summed E-state index contributed by atoms with van der Waals surface area (Å²) >= 11 is 0. The number of ether oxygens (including phenoxy) is 1. The molecule has 0 radical (unpaired) electrons. The number of benzene rings is 1. The summed E-state index contributed by atoms with van der Waals surface area (Å²) in [6, 6.07) is 9.53. The molecule has 1 unspecified atom stereocenters. The maximum atomic E-state index is 12.2. The van der Waals surface area contributed by atoms with E-state index in [4.69, 9.17) is 4.74 Å². The van der Waals surface area contributed by atoms with Crippen molar-refractivity contribution in [3.8, 4) is 0 Å². The van der Waals surface area contributed by atoms with Gasteiger partial charge in [0.2, 0.25) is 5.91 Å². The molecule has 1 N–H and O–H groups in total. The molecule has 1 heterocycles. The molecule has 0 aliphatic carbocycles. The van der Waals surface area contributed by atoms with Crippen LogP contribution in [0.25, 0.3) is 0 Å². The predicted octanol–water partition coefficient (Wildman–Crippen LogP) is 1.45. The SMILES string of the molecule is COC(=O)C1=CN(C)C(C(=O)NCc2ccccc2)CC1. The normalized spacial score (nSPS) is 17.9. The van der Waals surface area contributed by atoms with Crippen molar-refractivity contribution in [1.82, 2.24) is 10.2 Å². The predicted molar refractivity (Wildman–Crippen MR) is 79.2 cm³/mol. The number of nitrogens with one attached hydrogen (secondary N) is 1. The Kier molecular flexibility index (Phi) is 4.98. The van der Waals surface area contributed by atoms with Crippen LogP contribution in [0.2, 0.25) is 0 Å². The van der Waals surface area contributed by atoms with Crippen LogP contribution in [0.5, 0.6) is 0 Å². The lowest BCUT2D eigenvalue weighted by atomic mass is 10.00. The molecule has 1 aromatic carbocycles. The zero-order valence-electron chi connectivity index (χ0n) is 12.3. The second-order valence-corrected chi connectivity index (χ2v) is 5.07. The van der Waals surface area contributed by atoms with E-state index < -0.39 is 0 Å². The molecule has 1 aromatic rings. The van der Waals surface area contributed by atoms with Gasteiger partial charge in [-0.15, -0.1) is 0 Å². The Labute approximate surface area is 124 Å². The van der Waals surface area contributed by atoms with Crippen molar-refractivity contribution in [3.63, 3.8) is 0 Å². The van der Waals surface area contributed by atoms with Crippen LogP contribution in [0, 0.1) is 0 Å². The second-order valence-electron chi connectivity index (χ2n) is 5.07. The van der Waals surface area contributed by atoms with Gasteiger partial charge in [0.25, 0.3) is 0 Å². The van der Waals surface area contributed by atoms with Gasteiger partial charge in [-0.3, -0.25) is 4.79 Å². The van der Waals surface area contributed by atoms with Crippen LogP contribution in [-0.2, 0) is 20.9 Å². The van der Waals surface area contributed by atoms with Gasteiger partial charge in [-0.1, -0.05) is 30.3 Å². The standard InChI is InChI=1S/C16H20N2O3/c1-18-11-13(16(20)21-2)8-9-14(18)15(19)17-10-12-6-4-3-5-7-12/h3-7,11,14H,8-10H2,1-2H3,(H,17,19). The van der Waals surface area contributed by atoms with Gasteiger partial charge in [-0.05, 0) is 18.4 Å². The van der Waals surface area contributed by atoms with Gasteiger partial charge >= 0.3 is 5.97 Å². The maximum absolute atomic E-state index is 12.2. The lowest BCUT2D eigenvalue weighted by Crippen LogP contribution is -2.44. The van der Waals surface area contributed by atoms with Crippen LogP contribution in [-0.4, -0.2) is 37.0 Å². The first-order valence-electron chi connectivity index (χ1n) is 6.94. The fraction of sp³-hybridized carbons (Fsp3) is 0.375. The number of carbonyl (C=O) groups is 2. The zero-order chi connectivity index (χ0) is 15.2. The third kappa shape index (κ3) is 3.84. The first-order valence-corrected chi connectivity index (χ1v) is 6.94. The van der Waals surface area contributed by atoms with Gasteiger partial charge in [-0.2, -0.15) is 0 Å². The number of nitrogens with zero attached hydrogens (tertiary/aromatic N) is 1. The van der Waals surface area contributed by atoms with E-state index in [2.05, 4.69) is 5.32 Å². The van der Waals surface area contributed by atoms with Crippen molar-refractivity contribution >= 4 is 11.9 Å². The van der Waals surface area contributed by atoms with Gasteiger partial charge < -0.3 is 15.0 Å². The minimum absolute atomic E-state index is 0.0264. The molecule has 5 heteroatoms. The molecular weight excluding hydrogens is 268 g/mol. The quantitative estimate of drug-likeness (QED) is 0.852. The smallest absolute Gasteiger partial charge is 0.335 e. The Hall–Kier alpha value is -2.30. The molecule has 21 heavy (non-hydrogen) atoms. The van der Waals surface area contributed by atoms with Crippen LogP contribution < -0.4 is 5.32 Å². The van der Waals surface area contributed by atoms with Crippen LogP contribution >= 0.6 is 0 Å². The Balaban J connectivity index is 1.92. The summed E-state index contributed by atoms with van der Waals surface area (Å²) < 4.78 is 4.70. The van der Waals surface area contributed by atoms with Gasteiger partial charge in [0.1, 0.15) is 6.04 Å². The highest BCUT2D eigenvalue weighted by Crippen LogP contribution is 2.20. The topological polar surface area (TPSA) is 58.6 Å². The molecule has 112 valence electrons. The molecule has 0 fully saturated rings. The second kappa shape index (κ2) is 6.92. The summed E-state index contributed by atoms with van der Waals surface area (Å²) in [5.41, 5.74) is 1.67. The van der Waals surface area contributed by atoms with E-state index in [0.29, 0.717) is 25.0 Å². The summed E-state index contributed by atoms with van der Waals surface area (Å²) in [4.78, 5) is 25.5. The molecule has 1 aliphatic rings. The third-order valence-electron chi connectivity index (χ3n) is 3.60. The molecule has 0 saturated carbocycles. The molecule has 0 spiro atoms. The zero-order valence-corrected chi connectivity index (χ0v) is 12.3. The maximum Gasteiger partial charge on any atom is 0.335 e. The van der Waals surface area contributed by atoms with Gasteiger partial charge in [-0.25, -0.2) is 4.79 Å². The fourth-order valence-electron chi connectivity index (χ4n) is 2.40. The van der Waals surface area contributed by atoms with E-state index in [-0.39, 0.29) is 17.9 Å². The lowest BCUT2D eigenvalue weighted by molar-refractivity contribution is -0.137. The summed E-state index contributed by atoms with van der Waals surface area (Å²) in [5, 5.41) is 2.93. The van der Waals surface area contributed by atoms with Crippen molar-refractivity contribution in [1.29, 1.82) is 0 Å². The minimum Gasteiger partial charge on any atom is -0.466 e. The van der Waals surface area contributed by atoms with Crippen LogP contribution in [0.15, 0.2) is 42.1 Å². The number of hydrogen-bond donors (Lipinski definition) is 1. The summed E-state index contributed by atoms with van der Waals surface area (Å²) in [7, 11) is 3.16. The number of amides is 1. The van der Waals surface area contributed by atoms with Crippen LogP contribution in [0.3, 0.4) is 0 Å². The molecule has 1 amide bonds. The van der Waals surface area contributed by atoms with Crippen LogP contribution in [0.4, 0.5) is 0 Å². The van der Waals surface area contributed by atoms with Crippen molar-refractivity contribution in [2.75, 3.05) is 14.2 Å². The minimum atomic E-state index is -0.329. The largest absolute Gasteiger partial charge is 0.466 e. The van der Waals surface area contributed by atoms with Crippen molar-refractivity contribution in [2.45, 2.75) is 25.4 Å². The highest BCUT2D eigenvalue weighted by Gasteiger charge is 2.27. The van der Waals surface area contributed by atoms with Gasteiger partial charge in [0.05, 0.1) is 12.7 Å². The third-order valence-corrected chi connectivity index (χ3v) is 3.60. The van der Waals surface area contributed by atoms with E-state index >= 15 is 0 Å². The summed E-state index contributed by atoms with van der Waals surface area (Å²) in [6.45, 7) is 0.511. The number of rotatable bonds is 4. The highest BCUT2D eigenvalue weighted by molar-refractivity contribution is 5.89. The number of methoxy groups -OCH3 is 1. The number of carbonyl (C=O) groups excluding carboxylic acids is 2. The summed E-state index contributed by atoms with van der Waals surface area (Å²) in [5.74, 6) is -0.355. The fourth-order valence-corrected chi connectivity index (χ4v) is 2.40. The molecular formula is C16H20N2O3. The summed E-state index contributed by atoms with van der Waals surface area (Å²) in [6.07, 6.45) is 2.86. The number of hydrogen-bond acceptors (Lipinski definition) is 4. The van der Waals surface area contributed by atoms with Crippen molar-refractivity contribution < 1.29 is 14.3 Å². The molecule has 2 rings (SSSR count). The Morgan fingerprint density at radius 2 is 2.05 bits per heavy atom. The average Bonchev–Trinajstić information content (AvgIpc) is 2.52. The van der Waals surface area contributed by atoms with E-state index in [0.717, 1.165) is 5.56 Å². The van der Waals surface area contributed by atoms with E-state index in [1.54, 1.807) is 18.1 Å². The van der Waals surface area contributed by atoms with E-state index in [1.165, 1.54) is 7.11 Å². The van der Waals surface area contributed by atoms with Crippen LogP contribution in [0.1, 0.15) is 18.4 Å². The van der Waals surface area contributed by atoms with Crippen molar-refractivity contribution in [3.05, 3.63) is 47.7 Å². The van der Waals surface area contributed by atoms with Gasteiger partial charge in [0, 0.05) is 19.8 Å². The molecule has 1 atom stereocenters. The number of esters is 1. The molecule has 0 bridgehead atoms. The van der Waals surface area contributed by atoms with E-state index in [1.807, 2.05) is 30.3 Å². The number of likely N-dealkylation sites (N-methyl/N-ethyl adjacent to an activating group) is 1. The Morgan fingerprint density at radius 3 is 2.67 bits per heavy atom. The average molecular weight is 288 g/mol. The molecule has 0 aromatic heterocycles. The van der Waals surface area contributed by atoms with Gasteiger partial charge in [0.15, 0.2) is 0 Å². The first kappa shape index (κ1) is 15.1. The molecule has 1 aliphatic heterocycles. The molecule has 0 saturated heterocycles. The monoisotopic (exact) mass is 288 g/mol. The van der Waals surface area contributed by atoms with E-state index in [9.17, 15) is 9.59 Å². The highest BCUT2D eigenvalue weighted by atomic mass is 16.5. The Morgan fingerprint density at radius 1 is 1.33 bits per heavy atom. The molecule has 5 nitrogen and oxygen atoms in total.